The van der Waals surface area contributed by atoms with Crippen LogP contribution in [0.1, 0.15) is 30.1 Å². The third kappa shape index (κ3) is 40.8. The molecule has 0 amide bonds. The van der Waals surface area contributed by atoms with Gasteiger partial charge in [-0.3, -0.25) is 0 Å². The number of hydrogen-bond donors (Lipinski definition) is 1. The standard InChI is InChI=1S/C4H12NO.C4H11NO.2CH4/c2*1-4-5(2,3)6;;/h6H,4H2,1-3H3;4H2,1-3H3;2*1H4/q+1;;;/p+1. The first-order chi connectivity index (χ1) is 5.12. The molecule has 4 heteroatoms. The summed E-state index contributed by atoms with van der Waals surface area (Å²) in [5, 5.41) is 19.2. The third-order valence-corrected chi connectivity index (χ3v) is 1.54. The lowest BCUT2D eigenvalue weighted by Gasteiger charge is -2.31. The maximum absolute atomic E-state index is 10.4. The van der Waals surface area contributed by atoms with E-state index >= 15 is 0 Å². The molecule has 0 atom stereocenters. The predicted octanol–water partition coefficient (Wildman–Crippen LogP) is 2.44. The van der Waals surface area contributed by atoms with Crippen LogP contribution in [-0.2, 0) is 0 Å². The van der Waals surface area contributed by atoms with Crippen molar-refractivity contribution in [1.82, 2.24) is 0 Å². The second kappa shape index (κ2) is 9.40. The summed E-state index contributed by atoms with van der Waals surface area (Å²) in [5.41, 5.74) is 0. The molecular formula is C10H32N2O2+2. The molecule has 0 heterocycles. The maximum Gasteiger partial charge on any atom is 1.00 e. The first kappa shape index (κ1) is 23.6. The number of quaternary nitrogens is 2. The molecule has 0 fully saturated rings. The van der Waals surface area contributed by atoms with Gasteiger partial charge in [-0.1, -0.05) is 14.9 Å². The van der Waals surface area contributed by atoms with Gasteiger partial charge in [-0.15, -0.1) is 0 Å². The van der Waals surface area contributed by atoms with Gasteiger partial charge in [0.2, 0.25) is 0 Å². The Hall–Kier alpha value is -0.160. The Morgan fingerprint density at radius 1 is 1.00 bits per heavy atom. The van der Waals surface area contributed by atoms with Crippen LogP contribution in [0.2, 0.25) is 0 Å². The van der Waals surface area contributed by atoms with Crippen LogP contribution in [0.5, 0.6) is 0 Å². The van der Waals surface area contributed by atoms with Crippen molar-refractivity contribution < 1.29 is 15.9 Å². The van der Waals surface area contributed by atoms with Crippen LogP contribution in [0.3, 0.4) is 0 Å². The fraction of sp³-hybridized carbons (Fsp3) is 1.00. The van der Waals surface area contributed by atoms with E-state index in [4.69, 9.17) is 5.21 Å². The average Bonchev–Trinajstić information content (AvgIpc) is 1.86. The Kier molecular flexibility index (Phi) is 15.8. The molecule has 0 aliphatic carbocycles. The van der Waals surface area contributed by atoms with E-state index in [1.807, 2.05) is 13.8 Å². The highest BCUT2D eigenvalue weighted by Crippen LogP contribution is 1.86. The van der Waals surface area contributed by atoms with Crippen molar-refractivity contribution in [2.24, 2.45) is 0 Å². The SMILES string of the molecule is C.C.CC[N+](C)(C)O.CC[N+](C)(C)[O-].[H+]. The van der Waals surface area contributed by atoms with Crippen LogP contribution in [0.4, 0.5) is 0 Å². The fourth-order valence-corrected chi connectivity index (χ4v) is 0. The van der Waals surface area contributed by atoms with E-state index in [0.29, 0.717) is 6.54 Å². The lowest BCUT2D eigenvalue weighted by atomic mass is 10.7. The van der Waals surface area contributed by atoms with Crippen LogP contribution < -0.4 is 0 Å². The molecule has 14 heavy (non-hydrogen) atoms. The van der Waals surface area contributed by atoms with E-state index < -0.39 is 0 Å². The van der Waals surface area contributed by atoms with Crippen LogP contribution in [0.15, 0.2) is 0 Å². The second-order valence-electron chi connectivity index (χ2n) is 3.83. The number of nitrogens with zero attached hydrogens (tertiary/aromatic N) is 2. The summed E-state index contributed by atoms with van der Waals surface area (Å²) < 4.78 is -0.111. The Balaban J connectivity index is -0.0000000370. The Bertz CT molecular complexity index is 95.0. The van der Waals surface area contributed by atoms with Crippen molar-refractivity contribution in [2.75, 3.05) is 41.3 Å². The number of hydrogen-bond acceptors (Lipinski definition) is 2. The van der Waals surface area contributed by atoms with Crippen molar-refractivity contribution in [3.8, 4) is 0 Å². The summed E-state index contributed by atoms with van der Waals surface area (Å²) in [5.74, 6) is 0. The van der Waals surface area contributed by atoms with Crippen molar-refractivity contribution >= 4 is 0 Å². The Morgan fingerprint density at radius 2 is 1.14 bits per heavy atom. The van der Waals surface area contributed by atoms with Crippen molar-refractivity contribution in [1.29, 1.82) is 0 Å². The van der Waals surface area contributed by atoms with Gasteiger partial charge in [0.05, 0.1) is 34.7 Å². The molecular weight excluding hydrogens is 180 g/mol. The van der Waals surface area contributed by atoms with E-state index in [9.17, 15) is 5.21 Å². The molecule has 0 aliphatic heterocycles. The minimum Gasteiger partial charge on any atom is -0.633 e. The zero-order valence-electron chi connectivity index (χ0n) is 10.2. The number of hydroxylamine groups is 6. The van der Waals surface area contributed by atoms with E-state index in [-0.39, 0.29) is 25.6 Å². The summed E-state index contributed by atoms with van der Waals surface area (Å²) in [6.07, 6.45) is 0. The second-order valence-corrected chi connectivity index (χ2v) is 3.83. The summed E-state index contributed by atoms with van der Waals surface area (Å²) in [6.45, 7) is 5.22. The lowest BCUT2D eigenvalue weighted by Crippen LogP contribution is -2.34. The van der Waals surface area contributed by atoms with E-state index in [1.165, 1.54) is 0 Å². The minimum atomic E-state index is -0.181. The van der Waals surface area contributed by atoms with Crippen LogP contribution >= 0.6 is 0 Å². The molecule has 4 nitrogen and oxygen atoms in total. The van der Waals surface area contributed by atoms with E-state index in [1.54, 1.807) is 28.2 Å². The summed E-state index contributed by atoms with van der Waals surface area (Å²) in [6, 6.07) is 0. The molecule has 0 radical (unpaired) electrons. The quantitative estimate of drug-likeness (QED) is 0.564. The largest absolute Gasteiger partial charge is 1.00 e. The minimum absolute atomic E-state index is 0. The first-order valence-electron chi connectivity index (χ1n) is 4.22. The van der Waals surface area contributed by atoms with Gasteiger partial charge in [0.25, 0.3) is 0 Å². The van der Waals surface area contributed by atoms with Gasteiger partial charge in [-0.2, -0.15) is 4.65 Å². The maximum atomic E-state index is 10.4. The normalized spacial score (nSPS) is 10.3. The van der Waals surface area contributed by atoms with Gasteiger partial charge >= 0.3 is 1.43 Å². The van der Waals surface area contributed by atoms with Crippen molar-refractivity contribution in [3.05, 3.63) is 5.21 Å². The fourth-order valence-electron chi connectivity index (χ4n) is 0. The third-order valence-electron chi connectivity index (χ3n) is 1.54. The van der Waals surface area contributed by atoms with Gasteiger partial charge < -0.3 is 9.85 Å². The van der Waals surface area contributed by atoms with Gasteiger partial charge in [-0.25, -0.2) is 5.21 Å². The highest BCUT2D eigenvalue weighted by molar-refractivity contribution is 4.17. The molecule has 0 aromatic rings. The zero-order chi connectivity index (χ0) is 10.4. The monoisotopic (exact) mass is 212 g/mol. The zero-order valence-corrected chi connectivity index (χ0v) is 9.16. The van der Waals surface area contributed by atoms with Gasteiger partial charge in [-0.05, 0) is 13.8 Å². The molecule has 0 aromatic carbocycles. The average molecular weight is 212 g/mol. The van der Waals surface area contributed by atoms with E-state index in [2.05, 4.69) is 0 Å². The van der Waals surface area contributed by atoms with Crippen molar-refractivity contribution in [3.63, 3.8) is 0 Å². The molecule has 92 valence electrons. The molecule has 0 bridgehead atoms. The topological polar surface area (TPSA) is 43.3 Å². The Morgan fingerprint density at radius 3 is 1.14 bits per heavy atom. The predicted molar refractivity (Wildman–Crippen MR) is 65.0 cm³/mol. The van der Waals surface area contributed by atoms with Crippen LogP contribution in [0.25, 0.3) is 0 Å². The summed E-state index contributed by atoms with van der Waals surface area (Å²) >= 11 is 0. The van der Waals surface area contributed by atoms with Gasteiger partial charge in [0, 0.05) is 0 Å². The molecule has 0 saturated carbocycles. The Labute approximate surface area is 92.0 Å². The van der Waals surface area contributed by atoms with E-state index in [0.717, 1.165) is 6.54 Å². The lowest BCUT2D eigenvalue weighted by molar-refractivity contribution is -1.07. The number of rotatable bonds is 2. The summed E-state index contributed by atoms with van der Waals surface area (Å²) in [7, 11) is 6.72. The molecule has 0 saturated heterocycles. The smallest absolute Gasteiger partial charge is 0.633 e. The highest BCUT2D eigenvalue weighted by atomic mass is 16.5. The molecule has 1 N–H and O–H groups in total. The van der Waals surface area contributed by atoms with Gasteiger partial charge in [0.1, 0.15) is 6.54 Å². The van der Waals surface area contributed by atoms with Crippen LogP contribution in [0, 0.1) is 5.21 Å². The molecule has 0 aromatic heterocycles. The highest BCUT2D eigenvalue weighted by Gasteiger charge is 2.02. The molecule has 0 spiro atoms. The molecule has 0 unspecified atom stereocenters. The van der Waals surface area contributed by atoms with Crippen molar-refractivity contribution in [2.45, 2.75) is 28.7 Å². The molecule has 0 aliphatic rings. The molecule has 0 rings (SSSR count). The summed E-state index contributed by atoms with van der Waals surface area (Å²) in [4.78, 5) is 0. The van der Waals surface area contributed by atoms with Gasteiger partial charge in [0.15, 0.2) is 0 Å². The first-order valence-corrected chi connectivity index (χ1v) is 4.22. The van der Waals surface area contributed by atoms with Crippen LogP contribution in [-0.4, -0.2) is 55.8 Å².